The van der Waals surface area contributed by atoms with E-state index in [1.807, 2.05) is 20.9 Å². The lowest BCUT2D eigenvalue weighted by atomic mass is 10.2. The molecule has 0 aromatic rings. The normalized spacial score (nSPS) is 21.4. The van der Waals surface area contributed by atoms with Crippen LogP contribution in [0.4, 0.5) is 0 Å². The molecule has 0 bridgehead atoms. The van der Waals surface area contributed by atoms with E-state index in [4.69, 9.17) is 4.74 Å². The number of esters is 1. The SMILES string of the molecule is CC.CCCNC.C[C@@H]1OC(=O)C[C@@H]1NC=O. The minimum atomic E-state index is -0.244. The van der Waals surface area contributed by atoms with Crippen LogP contribution in [0.25, 0.3) is 0 Å². The highest BCUT2D eigenvalue weighted by molar-refractivity contribution is 5.73. The summed E-state index contributed by atoms with van der Waals surface area (Å²) in [5.74, 6) is -0.244. The molecule has 2 N–H and O–H groups in total. The Hall–Kier alpha value is -1.10. The number of carbonyl (C=O) groups excluding carboxylic acids is 2. The molecule has 102 valence electrons. The van der Waals surface area contributed by atoms with E-state index < -0.39 is 0 Å². The molecule has 0 aliphatic carbocycles. The molecule has 0 aromatic carbocycles. The van der Waals surface area contributed by atoms with Crippen LogP contribution in [-0.2, 0) is 14.3 Å². The Kier molecular flexibility index (Phi) is 13.9. The highest BCUT2D eigenvalue weighted by Gasteiger charge is 2.30. The van der Waals surface area contributed by atoms with Gasteiger partial charge in [0.25, 0.3) is 0 Å². The maximum absolute atomic E-state index is 10.6. The van der Waals surface area contributed by atoms with Gasteiger partial charge < -0.3 is 15.4 Å². The topological polar surface area (TPSA) is 67.4 Å². The molecule has 1 saturated heterocycles. The zero-order valence-corrected chi connectivity index (χ0v) is 11.6. The van der Waals surface area contributed by atoms with Crippen LogP contribution in [0.1, 0.15) is 40.5 Å². The van der Waals surface area contributed by atoms with Gasteiger partial charge in [-0.15, -0.1) is 0 Å². The molecule has 2 atom stereocenters. The fourth-order valence-electron chi connectivity index (χ4n) is 1.21. The summed E-state index contributed by atoms with van der Waals surface area (Å²) in [7, 11) is 1.96. The minimum absolute atomic E-state index is 0.134. The number of amides is 1. The van der Waals surface area contributed by atoms with E-state index >= 15 is 0 Å². The molecule has 1 aliphatic heterocycles. The van der Waals surface area contributed by atoms with E-state index in [2.05, 4.69) is 17.6 Å². The molecule has 0 spiro atoms. The van der Waals surface area contributed by atoms with Crippen molar-refractivity contribution >= 4 is 12.4 Å². The number of nitrogens with one attached hydrogen (secondary N) is 2. The number of hydrogen-bond acceptors (Lipinski definition) is 4. The van der Waals surface area contributed by atoms with Crippen molar-refractivity contribution in [3.8, 4) is 0 Å². The monoisotopic (exact) mass is 246 g/mol. The predicted molar refractivity (Wildman–Crippen MR) is 68.7 cm³/mol. The number of hydrogen-bond donors (Lipinski definition) is 2. The highest BCUT2D eigenvalue weighted by Crippen LogP contribution is 2.13. The molecule has 5 heteroatoms. The summed E-state index contributed by atoms with van der Waals surface area (Å²) in [6.07, 6.45) is 1.93. The molecule has 1 rings (SSSR count). The van der Waals surface area contributed by atoms with Crippen molar-refractivity contribution in [3.05, 3.63) is 0 Å². The Labute approximate surface area is 104 Å². The fraction of sp³-hybridized carbons (Fsp3) is 0.833. The zero-order valence-electron chi connectivity index (χ0n) is 11.6. The van der Waals surface area contributed by atoms with Gasteiger partial charge in [-0.3, -0.25) is 9.59 Å². The van der Waals surface area contributed by atoms with Crippen LogP contribution >= 0.6 is 0 Å². The average molecular weight is 246 g/mol. The second kappa shape index (κ2) is 13.0. The maximum atomic E-state index is 10.6. The number of rotatable bonds is 4. The lowest BCUT2D eigenvalue weighted by Gasteiger charge is -2.09. The van der Waals surface area contributed by atoms with Gasteiger partial charge in [-0.25, -0.2) is 0 Å². The summed E-state index contributed by atoms with van der Waals surface area (Å²) in [4.78, 5) is 20.5. The van der Waals surface area contributed by atoms with Crippen LogP contribution in [0.2, 0.25) is 0 Å². The molecule has 1 amide bonds. The summed E-state index contributed by atoms with van der Waals surface area (Å²) in [6, 6.07) is -0.134. The van der Waals surface area contributed by atoms with Crippen molar-refractivity contribution < 1.29 is 14.3 Å². The third-order valence-corrected chi connectivity index (χ3v) is 2.05. The molecule has 1 fully saturated rings. The molecule has 0 saturated carbocycles. The van der Waals surface area contributed by atoms with Gasteiger partial charge in [0, 0.05) is 0 Å². The highest BCUT2D eigenvalue weighted by atomic mass is 16.5. The Bertz CT molecular complexity index is 196. The summed E-state index contributed by atoms with van der Waals surface area (Å²) < 4.78 is 4.77. The lowest BCUT2D eigenvalue weighted by molar-refractivity contribution is -0.140. The fourth-order valence-corrected chi connectivity index (χ4v) is 1.21. The van der Waals surface area contributed by atoms with E-state index in [1.165, 1.54) is 6.42 Å². The summed E-state index contributed by atoms with van der Waals surface area (Å²) in [5.41, 5.74) is 0. The van der Waals surface area contributed by atoms with E-state index in [9.17, 15) is 9.59 Å². The zero-order chi connectivity index (χ0) is 13.7. The van der Waals surface area contributed by atoms with Gasteiger partial charge in [0.05, 0.1) is 12.5 Å². The number of carbonyl (C=O) groups is 2. The van der Waals surface area contributed by atoms with Crippen molar-refractivity contribution in [2.45, 2.75) is 52.7 Å². The first-order chi connectivity index (χ1) is 8.15. The molecule has 1 aliphatic rings. The lowest BCUT2D eigenvalue weighted by Crippen LogP contribution is -2.33. The van der Waals surface area contributed by atoms with Crippen LogP contribution < -0.4 is 10.6 Å². The van der Waals surface area contributed by atoms with E-state index in [-0.39, 0.29) is 18.1 Å². The largest absolute Gasteiger partial charge is 0.460 e. The molecule has 0 unspecified atom stereocenters. The van der Waals surface area contributed by atoms with Gasteiger partial charge in [0.15, 0.2) is 0 Å². The molecule has 0 aromatic heterocycles. The van der Waals surface area contributed by atoms with Crippen molar-refractivity contribution in [2.24, 2.45) is 0 Å². The van der Waals surface area contributed by atoms with Gasteiger partial charge in [-0.05, 0) is 26.9 Å². The van der Waals surface area contributed by atoms with Gasteiger partial charge in [-0.2, -0.15) is 0 Å². The van der Waals surface area contributed by atoms with Gasteiger partial charge in [0.1, 0.15) is 6.10 Å². The first kappa shape index (κ1) is 18.3. The van der Waals surface area contributed by atoms with Crippen molar-refractivity contribution in [2.75, 3.05) is 13.6 Å². The molecule has 5 nitrogen and oxygen atoms in total. The molecular weight excluding hydrogens is 220 g/mol. The quantitative estimate of drug-likeness (QED) is 0.575. The third-order valence-electron chi connectivity index (χ3n) is 2.05. The summed E-state index contributed by atoms with van der Waals surface area (Å²) in [6.45, 7) is 9.04. The van der Waals surface area contributed by atoms with Crippen LogP contribution in [0.15, 0.2) is 0 Å². The van der Waals surface area contributed by atoms with Crippen LogP contribution in [0.3, 0.4) is 0 Å². The van der Waals surface area contributed by atoms with Crippen molar-refractivity contribution in [1.29, 1.82) is 0 Å². The Morgan fingerprint density at radius 3 is 2.29 bits per heavy atom. The summed E-state index contributed by atoms with van der Waals surface area (Å²) in [5, 5.41) is 5.52. The molecule has 17 heavy (non-hydrogen) atoms. The molecule has 1 heterocycles. The summed E-state index contributed by atoms with van der Waals surface area (Å²) >= 11 is 0. The van der Waals surface area contributed by atoms with E-state index in [1.54, 1.807) is 6.92 Å². The molecular formula is C12H26N2O3. The van der Waals surface area contributed by atoms with Crippen LogP contribution in [0.5, 0.6) is 0 Å². The number of ether oxygens (including phenoxy) is 1. The number of cyclic esters (lactones) is 1. The van der Waals surface area contributed by atoms with Gasteiger partial charge in [-0.1, -0.05) is 20.8 Å². The predicted octanol–water partition coefficient (Wildman–Crippen LogP) is 1.08. The second-order valence-electron chi connectivity index (χ2n) is 3.39. The standard InChI is InChI=1S/C6H9NO3.C4H11N.C2H6/c1-4-5(7-3-8)2-6(9)10-4;1-3-4-5-2;1-2/h3-5H,2H2,1H3,(H,7,8);5H,3-4H2,1-2H3;1-2H3/t4-,5-;;/m0../s1. The van der Waals surface area contributed by atoms with Crippen molar-refractivity contribution in [3.63, 3.8) is 0 Å². The Morgan fingerprint density at radius 2 is 2.06 bits per heavy atom. The van der Waals surface area contributed by atoms with Crippen LogP contribution in [0, 0.1) is 0 Å². The first-order valence-electron chi connectivity index (χ1n) is 6.19. The van der Waals surface area contributed by atoms with Crippen LogP contribution in [-0.4, -0.2) is 38.1 Å². The smallest absolute Gasteiger partial charge is 0.308 e. The van der Waals surface area contributed by atoms with Crippen molar-refractivity contribution in [1.82, 2.24) is 10.6 Å². The minimum Gasteiger partial charge on any atom is -0.460 e. The van der Waals surface area contributed by atoms with E-state index in [0.717, 1.165) is 6.54 Å². The van der Waals surface area contributed by atoms with Gasteiger partial charge >= 0.3 is 5.97 Å². The maximum Gasteiger partial charge on any atom is 0.308 e. The van der Waals surface area contributed by atoms with E-state index in [0.29, 0.717) is 12.8 Å². The van der Waals surface area contributed by atoms with Gasteiger partial charge in [0.2, 0.25) is 6.41 Å². The molecule has 0 radical (unpaired) electrons. The first-order valence-corrected chi connectivity index (χ1v) is 6.19. The second-order valence-corrected chi connectivity index (χ2v) is 3.39. The average Bonchev–Trinajstić information content (AvgIpc) is 2.63. The third kappa shape index (κ3) is 9.81. The Balaban J connectivity index is 0. The Morgan fingerprint density at radius 1 is 1.47 bits per heavy atom.